The van der Waals surface area contributed by atoms with E-state index in [1.54, 1.807) is 24.7 Å². The molecule has 0 spiro atoms. The van der Waals surface area contributed by atoms with Crippen molar-refractivity contribution < 1.29 is 8.42 Å². The van der Waals surface area contributed by atoms with Gasteiger partial charge in [-0.3, -0.25) is 0 Å². The number of hydrogen-bond acceptors (Lipinski definition) is 4. The first kappa shape index (κ1) is 13.5. The van der Waals surface area contributed by atoms with Crippen LogP contribution in [-0.2, 0) is 17.1 Å². The predicted octanol–water partition coefficient (Wildman–Crippen LogP) is 0.149. The minimum Gasteiger partial charge on any atom is -0.337 e. The summed E-state index contributed by atoms with van der Waals surface area (Å²) in [5.74, 6) is 0.686. The van der Waals surface area contributed by atoms with Crippen LogP contribution in [0.5, 0.6) is 0 Å². The summed E-state index contributed by atoms with van der Waals surface area (Å²) < 4.78 is 29.0. The Hall–Kier alpha value is -0.920. The fourth-order valence-corrected chi connectivity index (χ4v) is 3.62. The second kappa shape index (κ2) is 4.64. The van der Waals surface area contributed by atoms with Gasteiger partial charge in [0.1, 0.15) is 5.82 Å². The van der Waals surface area contributed by atoms with Crippen molar-refractivity contribution in [3.05, 3.63) is 12.0 Å². The molecule has 6 nitrogen and oxygen atoms in total. The quantitative estimate of drug-likeness (QED) is 0.821. The Balaban J connectivity index is 2.21. The van der Waals surface area contributed by atoms with Crippen molar-refractivity contribution in [3.8, 4) is 0 Å². The highest BCUT2D eigenvalue weighted by Crippen LogP contribution is 2.20. The number of nitrogens with zero attached hydrogens (tertiary/aromatic N) is 2. The number of aryl methyl sites for hydroxylation is 2. The highest BCUT2D eigenvalue weighted by atomic mass is 32.2. The molecule has 1 aliphatic heterocycles. The molecule has 1 aromatic heterocycles. The smallest absolute Gasteiger partial charge is 0.260 e. The van der Waals surface area contributed by atoms with Crippen LogP contribution >= 0.6 is 0 Å². The fourth-order valence-electron chi connectivity index (χ4n) is 2.11. The van der Waals surface area contributed by atoms with E-state index in [0.717, 1.165) is 25.9 Å². The molecule has 0 aliphatic carbocycles. The average Bonchev–Trinajstić information content (AvgIpc) is 2.59. The summed E-state index contributed by atoms with van der Waals surface area (Å²) >= 11 is 0. The summed E-state index contributed by atoms with van der Waals surface area (Å²) in [6.45, 7) is 5.40. The van der Waals surface area contributed by atoms with Gasteiger partial charge in [0.05, 0.1) is 0 Å². The number of nitrogens with one attached hydrogen (secondary N) is 2. The minimum absolute atomic E-state index is 0.0993. The van der Waals surface area contributed by atoms with E-state index in [0.29, 0.717) is 5.82 Å². The van der Waals surface area contributed by atoms with Crippen molar-refractivity contribution in [1.29, 1.82) is 0 Å². The second-order valence-corrected chi connectivity index (χ2v) is 6.78. The second-order valence-electron chi connectivity index (χ2n) is 5.15. The number of sulfonamides is 1. The predicted molar refractivity (Wildman–Crippen MR) is 68.8 cm³/mol. The molecule has 1 aliphatic rings. The van der Waals surface area contributed by atoms with Crippen LogP contribution in [0.1, 0.15) is 25.6 Å². The van der Waals surface area contributed by atoms with Gasteiger partial charge in [-0.25, -0.2) is 18.1 Å². The van der Waals surface area contributed by atoms with Crippen molar-refractivity contribution in [2.45, 2.75) is 37.3 Å². The van der Waals surface area contributed by atoms with Gasteiger partial charge in [-0.1, -0.05) is 0 Å². The number of hydrogen-bond donors (Lipinski definition) is 2. The zero-order valence-electron chi connectivity index (χ0n) is 11.0. The monoisotopic (exact) mass is 272 g/mol. The van der Waals surface area contributed by atoms with Gasteiger partial charge in [0.15, 0.2) is 5.03 Å². The molecule has 2 heterocycles. The Bertz CT molecular complexity index is 510. The number of piperidine rings is 1. The van der Waals surface area contributed by atoms with E-state index in [1.165, 1.54) is 0 Å². The third-order valence-electron chi connectivity index (χ3n) is 3.45. The maximum Gasteiger partial charge on any atom is 0.260 e. The molecule has 0 unspecified atom stereocenters. The first-order chi connectivity index (χ1) is 8.32. The van der Waals surface area contributed by atoms with Gasteiger partial charge in [-0.05, 0) is 39.8 Å². The van der Waals surface area contributed by atoms with Crippen LogP contribution in [-0.4, -0.2) is 36.6 Å². The lowest BCUT2D eigenvalue weighted by Crippen LogP contribution is -2.52. The Morgan fingerprint density at radius 2 is 2.06 bits per heavy atom. The molecule has 2 N–H and O–H groups in total. The van der Waals surface area contributed by atoms with E-state index < -0.39 is 10.0 Å². The Morgan fingerprint density at radius 1 is 1.44 bits per heavy atom. The largest absolute Gasteiger partial charge is 0.337 e. The van der Waals surface area contributed by atoms with Gasteiger partial charge in [0.25, 0.3) is 10.0 Å². The summed E-state index contributed by atoms with van der Waals surface area (Å²) in [5, 5.41) is 3.32. The zero-order chi connectivity index (χ0) is 13.4. The maximum atomic E-state index is 12.3. The molecule has 102 valence electrons. The number of rotatable bonds is 3. The van der Waals surface area contributed by atoms with Gasteiger partial charge in [-0.2, -0.15) is 0 Å². The van der Waals surface area contributed by atoms with Crippen molar-refractivity contribution in [2.24, 2.45) is 7.05 Å². The summed E-state index contributed by atoms with van der Waals surface area (Å²) in [7, 11) is -1.74. The standard InChI is InChI=1S/C11H20N4O2S/c1-9-13-10(8-15(9)3)18(16,17)14-11(2)4-6-12-7-5-11/h8,12,14H,4-7H2,1-3H3. The molecule has 0 amide bonds. The fraction of sp³-hybridized carbons (Fsp3) is 0.727. The Morgan fingerprint density at radius 3 is 2.56 bits per heavy atom. The van der Waals surface area contributed by atoms with Crippen LogP contribution in [0.2, 0.25) is 0 Å². The molecule has 18 heavy (non-hydrogen) atoms. The van der Waals surface area contributed by atoms with Crippen LogP contribution < -0.4 is 10.0 Å². The van der Waals surface area contributed by atoms with Crippen molar-refractivity contribution in [2.75, 3.05) is 13.1 Å². The molecule has 2 rings (SSSR count). The molecule has 1 saturated heterocycles. The van der Waals surface area contributed by atoms with E-state index >= 15 is 0 Å². The number of imidazole rings is 1. The van der Waals surface area contributed by atoms with Crippen LogP contribution in [0, 0.1) is 6.92 Å². The summed E-state index contributed by atoms with van der Waals surface area (Å²) in [5.41, 5.74) is -0.379. The molecular formula is C11H20N4O2S. The third kappa shape index (κ3) is 2.73. The minimum atomic E-state index is -3.53. The lowest BCUT2D eigenvalue weighted by Gasteiger charge is -2.34. The molecule has 0 saturated carbocycles. The first-order valence-corrected chi connectivity index (χ1v) is 7.55. The van der Waals surface area contributed by atoms with Crippen LogP contribution in [0.4, 0.5) is 0 Å². The lowest BCUT2D eigenvalue weighted by molar-refractivity contribution is 0.307. The van der Waals surface area contributed by atoms with E-state index in [1.807, 2.05) is 6.92 Å². The van der Waals surface area contributed by atoms with Crippen LogP contribution in [0.25, 0.3) is 0 Å². The molecule has 0 atom stereocenters. The normalized spacial score (nSPS) is 19.9. The van der Waals surface area contributed by atoms with Crippen molar-refractivity contribution in [1.82, 2.24) is 19.6 Å². The molecule has 0 radical (unpaired) electrons. The third-order valence-corrected chi connectivity index (χ3v) is 4.96. The molecule has 7 heteroatoms. The summed E-state index contributed by atoms with van der Waals surface area (Å²) in [6.07, 6.45) is 3.12. The molecule has 0 aromatic carbocycles. The lowest BCUT2D eigenvalue weighted by atomic mass is 9.92. The molecule has 1 aromatic rings. The van der Waals surface area contributed by atoms with Crippen LogP contribution in [0.3, 0.4) is 0 Å². The molecule has 1 fully saturated rings. The van der Waals surface area contributed by atoms with Gasteiger partial charge >= 0.3 is 0 Å². The first-order valence-electron chi connectivity index (χ1n) is 6.07. The van der Waals surface area contributed by atoms with Gasteiger partial charge in [0.2, 0.25) is 0 Å². The van der Waals surface area contributed by atoms with Crippen molar-refractivity contribution in [3.63, 3.8) is 0 Å². The highest BCUT2D eigenvalue weighted by Gasteiger charge is 2.33. The maximum absolute atomic E-state index is 12.3. The topological polar surface area (TPSA) is 76.0 Å². The van der Waals surface area contributed by atoms with Gasteiger partial charge in [-0.15, -0.1) is 0 Å². The number of aromatic nitrogens is 2. The van der Waals surface area contributed by atoms with E-state index in [-0.39, 0.29) is 10.6 Å². The molecular weight excluding hydrogens is 252 g/mol. The Kier molecular flexibility index (Phi) is 3.48. The summed E-state index contributed by atoms with van der Waals surface area (Å²) in [6, 6.07) is 0. The zero-order valence-corrected chi connectivity index (χ0v) is 11.8. The Labute approximate surface area is 108 Å². The van der Waals surface area contributed by atoms with Gasteiger partial charge in [0, 0.05) is 18.8 Å². The van der Waals surface area contributed by atoms with Crippen molar-refractivity contribution >= 4 is 10.0 Å². The van der Waals surface area contributed by atoms with E-state index in [9.17, 15) is 8.42 Å². The van der Waals surface area contributed by atoms with E-state index in [2.05, 4.69) is 15.0 Å². The van der Waals surface area contributed by atoms with E-state index in [4.69, 9.17) is 0 Å². The average molecular weight is 272 g/mol. The highest BCUT2D eigenvalue weighted by molar-refractivity contribution is 7.89. The SMILES string of the molecule is Cc1nc(S(=O)(=O)NC2(C)CCNCC2)cn1C. The van der Waals surface area contributed by atoms with Gasteiger partial charge < -0.3 is 9.88 Å². The summed E-state index contributed by atoms with van der Waals surface area (Å²) in [4.78, 5) is 4.08. The molecule has 0 bridgehead atoms. The van der Waals surface area contributed by atoms with Crippen LogP contribution in [0.15, 0.2) is 11.2 Å².